The van der Waals surface area contributed by atoms with Crippen LogP contribution >= 0.6 is 0 Å². The number of rotatable bonds is 9. The van der Waals surface area contributed by atoms with E-state index < -0.39 is 0 Å². The van der Waals surface area contributed by atoms with Gasteiger partial charge in [-0.25, -0.2) is 0 Å². The molecule has 2 unspecified atom stereocenters. The van der Waals surface area contributed by atoms with Crippen LogP contribution in [0.3, 0.4) is 0 Å². The minimum absolute atomic E-state index is 0.449. The molecule has 4 rings (SSSR count). The Kier molecular flexibility index (Phi) is 7.41. The molecule has 0 bridgehead atoms. The molecule has 3 aromatic rings. The molecule has 3 nitrogen and oxygen atoms in total. The van der Waals surface area contributed by atoms with E-state index in [1.807, 2.05) is 48.5 Å². The van der Waals surface area contributed by atoms with Gasteiger partial charge in [-0.05, 0) is 54.3 Å². The molecule has 1 saturated heterocycles. The topological polar surface area (TPSA) is 21.7 Å². The number of nitrogens with zero attached hydrogens (tertiary/aromatic N) is 1. The highest BCUT2D eigenvalue weighted by Gasteiger charge is 2.30. The summed E-state index contributed by atoms with van der Waals surface area (Å²) in [4.78, 5) is 2.47. The Labute approximate surface area is 185 Å². The maximum Gasteiger partial charge on any atom is 0.120 e. The molecule has 3 heteroatoms. The van der Waals surface area contributed by atoms with Gasteiger partial charge < -0.3 is 9.47 Å². The third kappa shape index (κ3) is 5.99. The van der Waals surface area contributed by atoms with Crippen LogP contribution in [-0.2, 0) is 6.61 Å². The predicted octanol–water partition coefficient (Wildman–Crippen LogP) is 5.94. The third-order valence-corrected chi connectivity index (χ3v) is 5.97. The number of piperidine rings is 1. The van der Waals surface area contributed by atoms with E-state index in [-0.39, 0.29) is 0 Å². The van der Waals surface area contributed by atoms with Crippen molar-refractivity contribution in [2.45, 2.75) is 18.9 Å². The highest BCUT2D eigenvalue weighted by molar-refractivity contribution is 5.31. The van der Waals surface area contributed by atoms with Gasteiger partial charge in [-0.2, -0.15) is 0 Å². The van der Waals surface area contributed by atoms with Gasteiger partial charge in [-0.1, -0.05) is 66.7 Å². The minimum Gasteiger partial charge on any atom is -0.493 e. The zero-order valence-electron chi connectivity index (χ0n) is 18.0. The minimum atomic E-state index is 0.449. The molecule has 0 amide bonds. The van der Waals surface area contributed by atoms with E-state index in [9.17, 15) is 0 Å². The van der Waals surface area contributed by atoms with Crippen molar-refractivity contribution in [1.29, 1.82) is 0 Å². The summed E-state index contributed by atoms with van der Waals surface area (Å²) in [5, 5.41) is 0. The summed E-state index contributed by atoms with van der Waals surface area (Å²) >= 11 is 0. The van der Waals surface area contributed by atoms with Crippen LogP contribution in [0.25, 0.3) is 0 Å². The first-order chi connectivity index (χ1) is 15.3. The number of likely N-dealkylation sites (tertiary alicyclic amines) is 1. The van der Waals surface area contributed by atoms with Gasteiger partial charge in [-0.15, -0.1) is 6.58 Å². The fourth-order valence-corrected chi connectivity index (χ4v) is 4.34. The first-order valence-electron chi connectivity index (χ1n) is 11.1. The molecule has 160 valence electrons. The van der Waals surface area contributed by atoms with Crippen LogP contribution in [0, 0.1) is 5.92 Å². The van der Waals surface area contributed by atoms with Crippen LogP contribution in [0.5, 0.6) is 11.5 Å². The summed E-state index contributed by atoms with van der Waals surface area (Å²) in [6, 6.07) is 29.0. The van der Waals surface area contributed by atoms with Gasteiger partial charge in [0.05, 0.1) is 6.61 Å². The van der Waals surface area contributed by atoms with Crippen LogP contribution < -0.4 is 9.47 Å². The average Bonchev–Trinajstić information content (AvgIpc) is 2.84. The van der Waals surface area contributed by atoms with Gasteiger partial charge in [-0.3, -0.25) is 4.90 Å². The SMILES string of the molecule is C=CCN1CCC(c2ccccc2)C(COc2ccc(OCc3ccccc3)cc2)C1. The number of benzene rings is 3. The smallest absolute Gasteiger partial charge is 0.120 e. The maximum absolute atomic E-state index is 6.23. The molecule has 3 aromatic carbocycles. The zero-order valence-corrected chi connectivity index (χ0v) is 18.0. The van der Waals surface area contributed by atoms with E-state index in [2.05, 4.69) is 53.9 Å². The van der Waals surface area contributed by atoms with Gasteiger partial charge in [0.1, 0.15) is 18.1 Å². The van der Waals surface area contributed by atoms with Crippen molar-refractivity contribution in [3.63, 3.8) is 0 Å². The van der Waals surface area contributed by atoms with Crippen molar-refractivity contribution < 1.29 is 9.47 Å². The summed E-state index contributed by atoms with van der Waals surface area (Å²) in [6.07, 6.45) is 3.15. The largest absolute Gasteiger partial charge is 0.493 e. The maximum atomic E-state index is 6.23. The molecule has 0 radical (unpaired) electrons. The number of hydrogen-bond acceptors (Lipinski definition) is 3. The summed E-state index contributed by atoms with van der Waals surface area (Å²) in [6.45, 7) is 8.26. The summed E-state index contributed by atoms with van der Waals surface area (Å²) in [7, 11) is 0. The van der Waals surface area contributed by atoms with Crippen molar-refractivity contribution in [1.82, 2.24) is 4.90 Å². The second kappa shape index (κ2) is 10.8. The van der Waals surface area contributed by atoms with Crippen LogP contribution in [0.4, 0.5) is 0 Å². The molecule has 2 atom stereocenters. The highest BCUT2D eigenvalue weighted by atomic mass is 16.5. The molecule has 1 aliphatic heterocycles. The summed E-state index contributed by atoms with van der Waals surface area (Å²) in [5.74, 6) is 2.72. The number of ether oxygens (including phenoxy) is 2. The van der Waals surface area contributed by atoms with E-state index in [1.165, 1.54) is 5.56 Å². The molecule has 0 aliphatic carbocycles. The lowest BCUT2D eigenvalue weighted by atomic mass is 9.81. The molecule has 0 saturated carbocycles. The van der Waals surface area contributed by atoms with E-state index >= 15 is 0 Å². The van der Waals surface area contributed by atoms with Crippen LogP contribution in [0.15, 0.2) is 97.6 Å². The third-order valence-electron chi connectivity index (χ3n) is 5.97. The van der Waals surface area contributed by atoms with Crippen molar-refractivity contribution in [3.05, 3.63) is 109 Å². The fraction of sp³-hybridized carbons (Fsp3) is 0.286. The lowest BCUT2D eigenvalue weighted by molar-refractivity contribution is 0.119. The molecule has 31 heavy (non-hydrogen) atoms. The molecule has 1 fully saturated rings. The zero-order chi connectivity index (χ0) is 21.3. The first-order valence-corrected chi connectivity index (χ1v) is 11.1. The Hall–Kier alpha value is -3.04. The Morgan fingerprint density at radius 3 is 2.16 bits per heavy atom. The molecular formula is C28H31NO2. The van der Waals surface area contributed by atoms with Gasteiger partial charge in [0.15, 0.2) is 0 Å². The quantitative estimate of drug-likeness (QED) is 0.406. The fourth-order valence-electron chi connectivity index (χ4n) is 4.34. The molecular weight excluding hydrogens is 382 g/mol. The Morgan fingerprint density at radius 2 is 1.48 bits per heavy atom. The second-order valence-corrected chi connectivity index (χ2v) is 8.17. The number of hydrogen-bond donors (Lipinski definition) is 0. The van der Waals surface area contributed by atoms with Crippen LogP contribution in [-0.4, -0.2) is 31.1 Å². The molecule has 1 aliphatic rings. The second-order valence-electron chi connectivity index (χ2n) is 8.17. The molecule has 1 heterocycles. The van der Waals surface area contributed by atoms with Crippen molar-refractivity contribution in [2.24, 2.45) is 5.92 Å². The van der Waals surface area contributed by atoms with E-state index in [4.69, 9.17) is 9.47 Å². The van der Waals surface area contributed by atoms with Crippen molar-refractivity contribution in [3.8, 4) is 11.5 Å². The first kappa shape index (κ1) is 21.2. The van der Waals surface area contributed by atoms with E-state index in [0.29, 0.717) is 25.0 Å². The lowest BCUT2D eigenvalue weighted by Crippen LogP contribution is -2.41. The van der Waals surface area contributed by atoms with E-state index in [1.54, 1.807) is 0 Å². The average molecular weight is 414 g/mol. The predicted molar refractivity (Wildman–Crippen MR) is 127 cm³/mol. The van der Waals surface area contributed by atoms with Crippen LogP contribution in [0.2, 0.25) is 0 Å². The Balaban J connectivity index is 1.35. The lowest BCUT2D eigenvalue weighted by Gasteiger charge is -2.38. The molecule has 0 N–H and O–H groups in total. The van der Waals surface area contributed by atoms with Gasteiger partial charge >= 0.3 is 0 Å². The molecule has 0 aromatic heterocycles. The normalized spacial score (nSPS) is 19.0. The van der Waals surface area contributed by atoms with Gasteiger partial charge in [0.25, 0.3) is 0 Å². The van der Waals surface area contributed by atoms with Crippen molar-refractivity contribution in [2.75, 3.05) is 26.2 Å². The summed E-state index contributed by atoms with van der Waals surface area (Å²) < 4.78 is 12.1. The van der Waals surface area contributed by atoms with Gasteiger partial charge in [0, 0.05) is 19.0 Å². The molecule has 0 spiro atoms. The summed E-state index contributed by atoms with van der Waals surface area (Å²) in [5.41, 5.74) is 2.58. The Morgan fingerprint density at radius 1 is 0.839 bits per heavy atom. The van der Waals surface area contributed by atoms with Crippen molar-refractivity contribution >= 4 is 0 Å². The van der Waals surface area contributed by atoms with Gasteiger partial charge in [0.2, 0.25) is 0 Å². The van der Waals surface area contributed by atoms with E-state index in [0.717, 1.165) is 43.1 Å². The monoisotopic (exact) mass is 413 g/mol. The standard InChI is InChI=1S/C28H31NO2/c1-2-18-29-19-17-28(24-11-7-4-8-12-24)25(20-29)22-31-27-15-13-26(14-16-27)30-21-23-9-5-3-6-10-23/h2-16,25,28H,1,17-22H2. The highest BCUT2D eigenvalue weighted by Crippen LogP contribution is 2.33. The Bertz CT molecular complexity index is 924. The van der Waals surface area contributed by atoms with Crippen LogP contribution in [0.1, 0.15) is 23.5 Å².